The third kappa shape index (κ3) is 2.35. The molecule has 1 N–H and O–H groups in total. The first kappa shape index (κ1) is 14.7. The molecule has 0 amide bonds. The molecule has 6 rings (SSSR count). The maximum atomic E-state index is 6.16. The summed E-state index contributed by atoms with van der Waals surface area (Å²) in [7, 11) is 0. The third-order valence-corrected chi connectivity index (χ3v) is 5.14. The number of nitrogens with zero attached hydrogens (tertiary/aromatic N) is 4. The van der Waals surface area contributed by atoms with Crippen molar-refractivity contribution < 1.29 is 9.47 Å². The van der Waals surface area contributed by atoms with E-state index >= 15 is 0 Å². The van der Waals surface area contributed by atoms with Gasteiger partial charge < -0.3 is 14.5 Å². The largest absolute Gasteiger partial charge is 0.482 e. The number of rotatable bonds is 2. The van der Waals surface area contributed by atoms with Gasteiger partial charge >= 0.3 is 0 Å². The fraction of sp³-hybridized carbons (Fsp3) is 0.200. The highest BCUT2D eigenvalue weighted by molar-refractivity contribution is 5.73. The van der Waals surface area contributed by atoms with Gasteiger partial charge in [0.05, 0.1) is 34.9 Å². The molecular weight excluding hydrogens is 342 g/mol. The summed E-state index contributed by atoms with van der Waals surface area (Å²) in [5, 5.41) is 0. The summed E-state index contributed by atoms with van der Waals surface area (Å²) in [6, 6.07) is 7.98. The summed E-state index contributed by atoms with van der Waals surface area (Å²) in [5.41, 5.74) is 5.74. The fourth-order valence-corrected chi connectivity index (χ4v) is 3.73. The molecule has 0 spiro atoms. The first-order valence-electron chi connectivity index (χ1n) is 8.88. The highest BCUT2D eigenvalue weighted by Crippen LogP contribution is 2.39. The number of aromatic nitrogens is 5. The molecule has 0 saturated heterocycles. The molecule has 7 nitrogen and oxygen atoms in total. The predicted molar refractivity (Wildman–Crippen MR) is 96.5 cm³/mol. The Morgan fingerprint density at radius 3 is 2.93 bits per heavy atom. The van der Waals surface area contributed by atoms with E-state index in [0.29, 0.717) is 12.3 Å². The second-order valence-electron chi connectivity index (χ2n) is 6.83. The maximum Gasteiger partial charge on any atom is 0.217 e. The lowest BCUT2D eigenvalue weighted by Crippen LogP contribution is -2.05. The molecule has 2 aliphatic rings. The van der Waals surface area contributed by atoms with Gasteiger partial charge in [0.25, 0.3) is 0 Å². The van der Waals surface area contributed by atoms with Crippen LogP contribution in [0.1, 0.15) is 34.7 Å². The minimum atomic E-state index is -0.146. The molecule has 2 aliphatic heterocycles. The van der Waals surface area contributed by atoms with Crippen molar-refractivity contribution in [3.63, 3.8) is 0 Å². The topological polar surface area (TPSA) is 85.8 Å². The summed E-state index contributed by atoms with van der Waals surface area (Å²) in [4.78, 5) is 20.8. The van der Waals surface area contributed by atoms with Gasteiger partial charge in [0.2, 0.25) is 5.88 Å². The third-order valence-electron chi connectivity index (χ3n) is 5.14. The minimum absolute atomic E-state index is 0.0751. The van der Waals surface area contributed by atoms with E-state index in [1.165, 1.54) is 0 Å². The SMILES string of the molecule is c1cnc2c(c1)CC(c1cnc3c(c1)OC(c1cc4nc[nH]c4cn1)C3)O2. The van der Waals surface area contributed by atoms with Crippen LogP contribution in [0.15, 0.2) is 49.2 Å². The molecule has 2 atom stereocenters. The molecule has 0 saturated carbocycles. The molecule has 27 heavy (non-hydrogen) atoms. The van der Waals surface area contributed by atoms with E-state index in [0.717, 1.165) is 45.7 Å². The van der Waals surface area contributed by atoms with Gasteiger partial charge in [0.15, 0.2) is 0 Å². The van der Waals surface area contributed by atoms with E-state index < -0.39 is 0 Å². The van der Waals surface area contributed by atoms with Crippen LogP contribution in [0.4, 0.5) is 0 Å². The van der Waals surface area contributed by atoms with Gasteiger partial charge in [-0.1, -0.05) is 6.07 Å². The zero-order valence-corrected chi connectivity index (χ0v) is 14.3. The van der Waals surface area contributed by atoms with E-state index in [1.54, 1.807) is 18.7 Å². The van der Waals surface area contributed by atoms with Crippen LogP contribution >= 0.6 is 0 Å². The first-order valence-corrected chi connectivity index (χ1v) is 8.88. The van der Waals surface area contributed by atoms with Gasteiger partial charge in [-0.15, -0.1) is 0 Å². The lowest BCUT2D eigenvalue weighted by atomic mass is 10.1. The zero-order chi connectivity index (χ0) is 17.8. The van der Waals surface area contributed by atoms with E-state index in [4.69, 9.17) is 9.47 Å². The van der Waals surface area contributed by atoms with Crippen LogP contribution in [-0.2, 0) is 12.8 Å². The summed E-state index contributed by atoms with van der Waals surface area (Å²) in [6.07, 6.45) is 8.37. The van der Waals surface area contributed by atoms with E-state index in [1.807, 2.05) is 30.5 Å². The van der Waals surface area contributed by atoms with Crippen LogP contribution < -0.4 is 9.47 Å². The number of nitrogens with one attached hydrogen (secondary N) is 1. The summed E-state index contributed by atoms with van der Waals surface area (Å²) < 4.78 is 12.1. The average Bonchev–Trinajstić information content (AvgIpc) is 3.42. The lowest BCUT2D eigenvalue weighted by molar-refractivity contribution is 0.223. The number of hydrogen-bond acceptors (Lipinski definition) is 6. The predicted octanol–water partition coefficient (Wildman–Crippen LogP) is 3.10. The number of hydrogen-bond donors (Lipinski definition) is 1. The number of pyridine rings is 3. The maximum absolute atomic E-state index is 6.16. The van der Waals surface area contributed by atoms with Crippen LogP contribution in [-0.4, -0.2) is 24.9 Å². The highest BCUT2D eigenvalue weighted by atomic mass is 16.5. The molecule has 0 bridgehead atoms. The van der Waals surface area contributed by atoms with Crippen molar-refractivity contribution in [2.45, 2.75) is 25.0 Å². The summed E-state index contributed by atoms with van der Waals surface area (Å²) in [5.74, 6) is 1.51. The number of ether oxygens (including phenoxy) is 2. The quantitative estimate of drug-likeness (QED) is 0.593. The van der Waals surface area contributed by atoms with Crippen molar-refractivity contribution in [3.05, 3.63) is 71.7 Å². The minimum Gasteiger partial charge on any atom is -0.482 e. The Morgan fingerprint density at radius 1 is 0.963 bits per heavy atom. The van der Waals surface area contributed by atoms with Gasteiger partial charge in [0.1, 0.15) is 18.0 Å². The number of fused-ring (bicyclic) bond motifs is 3. The van der Waals surface area contributed by atoms with Gasteiger partial charge in [-0.3, -0.25) is 9.97 Å². The van der Waals surface area contributed by atoms with E-state index in [-0.39, 0.29) is 12.2 Å². The van der Waals surface area contributed by atoms with Gasteiger partial charge in [-0.2, -0.15) is 0 Å². The fourth-order valence-electron chi connectivity index (χ4n) is 3.73. The second kappa shape index (κ2) is 5.51. The smallest absolute Gasteiger partial charge is 0.217 e. The highest BCUT2D eigenvalue weighted by Gasteiger charge is 2.30. The Balaban J connectivity index is 1.27. The molecule has 4 aromatic rings. The van der Waals surface area contributed by atoms with Crippen molar-refractivity contribution in [1.29, 1.82) is 0 Å². The molecule has 4 aromatic heterocycles. The molecule has 7 heteroatoms. The van der Waals surface area contributed by atoms with Crippen LogP contribution in [0, 0.1) is 0 Å². The molecular formula is C20H15N5O2. The zero-order valence-electron chi connectivity index (χ0n) is 14.3. The molecule has 6 heterocycles. The van der Waals surface area contributed by atoms with E-state index in [2.05, 4.69) is 24.9 Å². The standard InChI is InChI=1S/C20H15N5O2/c1-2-11-4-17(27-20(11)21-3-1)12-5-18-15(22-8-12)7-19(26-18)14-6-13-16(9-23-14)25-10-24-13/h1-3,5-6,8-10,17,19H,4,7H2,(H,24,25). The van der Waals surface area contributed by atoms with Crippen LogP contribution in [0.2, 0.25) is 0 Å². The molecule has 0 aromatic carbocycles. The van der Waals surface area contributed by atoms with Gasteiger partial charge in [0, 0.05) is 36.4 Å². The van der Waals surface area contributed by atoms with Gasteiger partial charge in [-0.05, 0) is 18.2 Å². The van der Waals surface area contributed by atoms with Crippen molar-refractivity contribution in [2.75, 3.05) is 0 Å². The van der Waals surface area contributed by atoms with Crippen molar-refractivity contribution >= 4 is 11.0 Å². The first-order chi connectivity index (χ1) is 13.3. The number of imidazole rings is 1. The van der Waals surface area contributed by atoms with Crippen LogP contribution in [0.25, 0.3) is 11.0 Å². The Morgan fingerprint density at radius 2 is 1.96 bits per heavy atom. The van der Waals surface area contributed by atoms with E-state index in [9.17, 15) is 0 Å². The normalized spacial score (nSPS) is 20.1. The molecule has 0 fully saturated rings. The Hall–Kier alpha value is -3.48. The monoisotopic (exact) mass is 357 g/mol. The summed E-state index contributed by atoms with van der Waals surface area (Å²) >= 11 is 0. The van der Waals surface area contributed by atoms with Crippen LogP contribution in [0.5, 0.6) is 11.6 Å². The molecule has 132 valence electrons. The van der Waals surface area contributed by atoms with Crippen molar-refractivity contribution in [3.8, 4) is 11.6 Å². The van der Waals surface area contributed by atoms with Crippen LogP contribution in [0.3, 0.4) is 0 Å². The summed E-state index contributed by atoms with van der Waals surface area (Å²) in [6.45, 7) is 0. The number of H-pyrrole nitrogens is 1. The molecule has 0 radical (unpaired) electrons. The number of aromatic amines is 1. The Bertz CT molecular complexity index is 1150. The Labute approximate surface area is 154 Å². The second-order valence-corrected chi connectivity index (χ2v) is 6.83. The Kier molecular flexibility index (Phi) is 2.99. The molecule has 2 unspecified atom stereocenters. The van der Waals surface area contributed by atoms with Gasteiger partial charge in [-0.25, -0.2) is 9.97 Å². The molecule has 0 aliphatic carbocycles. The van der Waals surface area contributed by atoms with Crippen molar-refractivity contribution in [2.24, 2.45) is 0 Å². The average molecular weight is 357 g/mol. The van der Waals surface area contributed by atoms with Crippen molar-refractivity contribution in [1.82, 2.24) is 24.9 Å². The lowest BCUT2D eigenvalue weighted by Gasteiger charge is -2.12.